The van der Waals surface area contributed by atoms with Crippen molar-refractivity contribution >= 4 is 34.8 Å². The van der Waals surface area contributed by atoms with Gasteiger partial charge >= 0.3 is 0 Å². The van der Waals surface area contributed by atoms with Crippen molar-refractivity contribution in [3.63, 3.8) is 0 Å². The lowest BCUT2D eigenvalue weighted by molar-refractivity contribution is 0.100. The van der Waals surface area contributed by atoms with E-state index >= 15 is 0 Å². The van der Waals surface area contributed by atoms with Gasteiger partial charge in [-0.3, -0.25) is 4.79 Å². The molecule has 134 valence electrons. The lowest BCUT2D eigenvalue weighted by Gasteiger charge is -2.27. The topological polar surface area (TPSA) is 65.5 Å². The molecule has 26 heavy (non-hydrogen) atoms. The van der Waals surface area contributed by atoms with E-state index in [1.807, 2.05) is 44.2 Å². The van der Waals surface area contributed by atoms with Crippen LogP contribution in [0.15, 0.2) is 51.5 Å². The number of aromatic amines is 1. The van der Waals surface area contributed by atoms with Crippen molar-refractivity contribution in [3.8, 4) is 5.88 Å². The summed E-state index contributed by atoms with van der Waals surface area (Å²) in [6.45, 7) is 4.02. The number of H-pyrrole nitrogens is 1. The second-order valence-electron chi connectivity index (χ2n) is 7.24. The first-order chi connectivity index (χ1) is 12.3. The number of allylic oxidation sites excluding steroid dienone is 8. The molecule has 3 atom stereocenters. The fourth-order valence-corrected chi connectivity index (χ4v) is 4.27. The molecule has 0 spiro atoms. The SMILES string of the molecule is CC1C=C(Cl)C=CC1C1=NC(=O)c2c(C3(C)C=CC(Cl)=CC3)[nH]c(O)c21. The number of fused-ring (bicyclic) bond motifs is 1. The Kier molecular flexibility index (Phi) is 4.01. The Hall–Kier alpha value is -2.04. The summed E-state index contributed by atoms with van der Waals surface area (Å²) < 4.78 is 0. The van der Waals surface area contributed by atoms with Crippen LogP contribution in [0.25, 0.3) is 0 Å². The molecule has 0 radical (unpaired) electrons. The molecule has 2 aliphatic carbocycles. The van der Waals surface area contributed by atoms with E-state index in [9.17, 15) is 9.90 Å². The molecule has 3 aliphatic rings. The van der Waals surface area contributed by atoms with Crippen molar-refractivity contribution in [2.75, 3.05) is 0 Å². The van der Waals surface area contributed by atoms with Gasteiger partial charge in [0.2, 0.25) is 0 Å². The lowest BCUT2D eigenvalue weighted by atomic mass is 9.78. The molecular weight excluding hydrogens is 371 g/mol. The minimum atomic E-state index is -0.457. The van der Waals surface area contributed by atoms with Crippen LogP contribution in [0.2, 0.25) is 0 Å². The second-order valence-corrected chi connectivity index (χ2v) is 8.11. The highest BCUT2D eigenvalue weighted by Gasteiger charge is 2.41. The van der Waals surface area contributed by atoms with Gasteiger partial charge in [-0.1, -0.05) is 61.4 Å². The number of carbonyl (C=O) groups is 1. The van der Waals surface area contributed by atoms with E-state index in [4.69, 9.17) is 23.2 Å². The molecule has 0 aromatic carbocycles. The van der Waals surface area contributed by atoms with Gasteiger partial charge in [-0.25, -0.2) is 4.99 Å². The number of rotatable bonds is 2. The van der Waals surface area contributed by atoms with E-state index < -0.39 is 5.41 Å². The molecule has 0 fully saturated rings. The molecule has 6 heteroatoms. The van der Waals surface area contributed by atoms with Gasteiger partial charge in [0, 0.05) is 27.1 Å². The highest BCUT2D eigenvalue weighted by molar-refractivity contribution is 6.32. The predicted octanol–water partition coefficient (Wildman–Crippen LogP) is 4.95. The third-order valence-electron chi connectivity index (χ3n) is 5.34. The quantitative estimate of drug-likeness (QED) is 0.752. The van der Waals surface area contributed by atoms with Crippen LogP contribution in [0.3, 0.4) is 0 Å². The monoisotopic (exact) mass is 388 g/mol. The van der Waals surface area contributed by atoms with Gasteiger partial charge in [0.05, 0.1) is 16.8 Å². The average Bonchev–Trinajstić information content (AvgIpc) is 3.10. The van der Waals surface area contributed by atoms with E-state index in [1.54, 1.807) is 6.08 Å². The van der Waals surface area contributed by atoms with Crippen LogP contribution >= 0.6 is 23.2 Å². The summed E-state index contributed by atoms with van der Waals surface area (Å²) >= 11 is 12.1. The summed E-state index contributed by atoms with van der Waals surface area (Å²) in [6, 6.07) is 0. The first-order valence-electron chi connectivity index (χ1n) is 8.49. The zero-order valence-electron chi connectivity index (χ0n) is 14.4. The highest BCUT2D eigenvalue weighted by Crippen LogP contribution is 2.43. The molecule has 1 aromatic rings. The van der Waals surface area contributed by atoms with Crippen LogP contribution in [0.4, 0.5) is 0 Å². The molecule has 2 heterocycles. The molecule has 0 saturated carbocycles. The van der Waals surface area contributed by atoms with Gasteiger partial charge in [0.25, 0.3) is 5.91 Å². The maximum atomic E-state index is 12.7. The fourth-order valence-electron chi connectivity index (χ4n) is 3.86. The smallest absolute Gasteiger partial charge is 0.279 e. The highest BCUT2D eigenvalue weighted by atomic mass is 35.5. The van der Waals surface area contributed by atoms with Gasteiger partial charge < -0.3 is 10.1 Å². The van der Waals surface area contributed by atoms with Crippen LogP contribution < -0.4 is 0 Å². The lowest BCUT2D eigenvalue weighted by Crippen LogP contribution is -2.23. The Morgan fingerprint density at radius 2 is 2.04 bits per heavy atom. The third-order valence-corrected chi connectivity index (χ3v) is 5.87. The average molecular weight is 389 g/mol. The molecule has 0 bridgehead atoms. The van der Waals surface area contributed by atoms with E-state index in [0.29, 0.717) is 39.0 Å². The summed E-state index contributed by atoms with van der Waals surface area (Å²) in [6.07, 6.45) is 12.0. The van der Waals surface area contributed by atoms with E-state index in [-0.39, 0.29) is 23.6 Å². The Labute approximate surface area is 161 Å². The minimum Gasteiger partial charge on any atom is -0.494 e. The molecular formula is C20H18Cl2N2O2. The van der Waals surface area contributed by atoms with E-state index in [0.717, 1.165) is 0 Å². The summed E-state index contributed by atoms with van der Waals surface area (Å²) in [5.41, 5.74) is 1.77. The summed E-state index contributed by atoms with van der Waals surface area (Å²) in [4.78, 5) is 20.0. The molecule has 4 nitrogen and oxygen atoms in total. The largest absolute Gasteiger partial charge is 0.494 e. The standard InChI is InChI=1S/C20H18Cl2N2O2/c1-10-9-12(22)3-4-13(10)16-14-15(19(26)23-16)17(24-18(14)25)20(2)7-5-11(21)6-8-20/h3-7,9-10,13,24-25H,8H2,1-2H3. The number of aliphatic imine (C=N–C) groups is 1. The van der Waals surface area contributed by atoms with Crippen molar-refractivity contribution in [1.82, 2.24) is 4.98 Å². The maximum absolute atomic E-state index is 12.7. The van der Waals surface area contributed by atoms with Crippen LogP contribution in [-0.4, -0.2) is 21.7 Å². The number of hydrogen-bond acceptors (Lipinski definition) is 2. The van der Waals surface area contributed by atoms with E-state index in [1.165, 1.54) is 0 Å². The van der Waals surface area contributed by atoms with Crippen molar-refractivity contribution in [1.29, 1.82) is 0 Å². The van der Waals surface area contributed by atoms with Gasteiger partial charge in [-0.05, 0) is 24.5 Å². The normalized spacial score (nSPS) is 30.2. The van der Waals surface area contributed by atoms with Gasteiger partial charge in [-0.15, -0.1) is 0 Å². The molecule has 1 amide bonds. The molecule has 2 N–H and O–H groups in total. The Morgan fingerprint density at radius 1 is 1.27 bits per heavy atom. The van der Waals surface area contributed by atoms with E-state index in [2.05, 4.69) is 9.98 Å². The number of nitrogens with one attached hydrogen (secondary N) is 1. The number of halogens is 2. The molecule has 3 unspecified atom stereocenters. The van der Waals surface area contributed by atoms with Crippen LogP contribution in [0.1, 0.15) is 41.9 Å². The molecule has 4 rings (SSSR count). The summed E-state index contributed by atoms with van der Waals surface area (Å²) in [5.74, 6) is -0.370. The van der Waals surface area contributed by atoms with Crippen molar-refractivity contribution < 1.29 is 9.90 Å². The Morgan fingerprint density at radius 3 is 2.69 bits per heavy atom. The summed E-state index contributed by atoms with van der Waals surface area (Å²) in [7, 11) is 0. The first kappa shape index (κ1) is 17.4. The number of aromatic hydroxyl groups is 1. The first-order valence-corrected chi connectivity index (χ1v) is 9.25. The van der Waals surface area contributed by atoms with Crippen molar-refractivity contribution in [3.05, 3.63) is 63.3 Å². The minimum absolute atomic E-state index is 0.0175. The van der Waals surface area contributed by atoms with Gasteiger partial charge in [-0.2, -0.15) is 0 Å². The van der Waals surface area contributed by atoms with Crippen LogP contribution in [-0.2, 0) is 5.41 Å². The second kappa shape index (κ2) is 6.00. The number of hydrogen-bond donors (Lipinski definition) is 2. The number of nitrogens with zero attached hydrogens (tertiary/aromatic N) is 1. The fraction of sp³-hybridized carbons (Fsp3) is 0.300. The van der Waals surface area contributed by atoms with Crippen LogP contribution in [0, 0.1) is 11.8 Å². The third kappa shape index (κ3) is 2.60. The van der Waals surface area contributed by atoms with Crippen molar-refractivity contribution in [2.24, 2.45) is 16.8 Å². The Bertz CT molecular complexity index is 965. The number of carbonyl (C=O) groups excluding carboxylic acids is 1. The zero-order valence-corrected chi connectivity index (χ0v) is 15.9. The van der Waals surface area contributed by atoms with Gasteiger partial charge in [0.15, 0.2) is 5.88 Å². The number of amides is 1. The summed E-state index contributed by atoms with van der Waals surface area (Å²) in [5, 5.41) is 11.9. The van der Waals surface area contributed by atoms with Gasteiger partial charge in [0.1, 0.15) is 0 Å². The molecule has 0 saturated heterocycles. The predicted molar refractivity (Wildman–Crippen MR) is 104 cm³/mol. The number of aromatic nitrogens is 1. The van der Waals surface area contributed by atoms with Crippen LogP contribution in [0.5, 0.6) is 5.88 Å². The zero-order chi connectivity index (χ0) is 18.6. The Balaban J connectivity index is 1.79. The maximum Gasteiger partial charge on any atom is 0.279 e. The molecule has 1 aromatic heterocycles. The van der Waals surface area contributed by atoms with Crippen molar-refractivity contribution in [2.45, 2.75) is 25.7 Å². The molecule has 1 aliphatic heterocycles.